The summed E-state index contributed by atoms with van der Waals surface area (Å²) in [5, 5.41) is 0. The third kappa shape index (κ3) is 3.46. The van der Waals surface area contributed by atoms with Gasteiger partial charge in [0.05, 0.1) is 11.8 Å². The second-order valence-electron chi connectivity index (χ2n) is 3.83. The predicted molar refractivity (Wildman–Crippen MR) is 58.1 cm³/mol. The summed E-state index contributed by atoms with van der Waals surface area (Å²) in [4.78, 5) is 4.33. The van der Waals surface area contributed by atoms with Gasteiger partial charge in [-0.25, -0.2) is 0 Å². The van der Waals surface area contributed by atoms with Crippen LogP contribution in [0.5, 0.6) is 0 Å². The summed E-state index contributed by atoms with van der Waals surface area (Å²) in [5.74, 6) is 0.633. The molecule has 0 aliphatic rings. The van der Waals surface area contributed by atoms with Crippen LogP contribution in [0.25, 0.3) is 0 Å². The summed E-state index contributed by atoms with van der Waals surface area (Å²) in [6.07, 6.45) is 3.01. The highest BCUT2D eigenvalue weighted by Gasteiger charge is 2.13. The van der Waals surface area contributed by atoms with Crippen LogP contribution in [-0.2, 0) is 4.74 Å². The molecule has 0 N–H and O–H groups in total. The molecule has 0 aliphatic carbocycles. The number of pyridine rings is 1. The van der Waals surface area contributed by atoms with E-state index in [1.54, 1.807) is 0 Å². The third-order valence-corrected chi connectivity index (χ3v) is 2.07. The minimum absolute atomic E-state index is 0.154. The van der Waals surface area contributed by atoms with Gasteiger partial charge in [0.15, 0.2) is 0 Å². The molecule has 0 amide bonds. The molecule has 0 spiro atoms. The Morgan fingerprint density at radius 1 is 1.36 bits per heavy atom. The molecule has 2 nitrogen and oxygen atoms in total. The molecule has 1 unspecified atom stereocenters. The Hall–Kier alpha value is -0.890. The van der Waals surface area contributed by atoms with Gasteiger partial charge >= 0.3 is 0 Å². The number of nitrogens with zero attached hydrogens (tertiary/aromatic N) is 1. The smallest absolute Gasteiger partial charge is 0.0996 e. The first-order chi connectivity index (χ1) is 6.74. The maximum absolute atomic E-state index is 5.68. The Bertz CT molecular complexity index is 246. The lowest BCUT2D eigenvalue weighted by molar-refractivity contribution is 0.0443. The maximum atomic E-state index is 5.68. The molecular formula is C12H19NO. The van der Waals surface area contributed by atoms with Gasteiger partial charge in [-0.2, -0.15) is 0 Å². The molecule has 0 fully saturated rings. The van der Waals surface area contributed by atoms with Crippen LogP contribution >= 0.6 is 0 Å². The van der Waals surface area contributed by atoms with E-state index in [-0.39, 0.29) is 6.10 Å². The van der Waals surface area contributed by atoms with Gasteiger partial charge in [0, 0.05) is 12.8 Å². The largest absolute Gasteiger partial charge is 0.372 e. The molecule has 0 saturated carbocycles. The van der Waals surface area contributed by atoms with E-state index in [4.69, 9.17) is 4.74 Å². The molecule has 1 aromatic heterocycles. The summed E-state index contributed by atoms with van der Waals surface area (Å²) in [6.45, 7) is 7.17. The lowest BCUT2D eigenvalue weighted by Crippen LogP contribution is -2.09. The molecule has 1 rings (SSSR count). The van der Waals surface area contributed by atoms with Gasteiger partial charge in [-0.3, -0.25) is 4.98 Å². The molecule has 1 aromatic rings. The molecule has 1 atom stereocenters. The fourth-order valence-electron chi connectivity index (χ4n) is 1.47. The van der Waals surface area contributed by atoms with Crippen molar-refractivity contribution in [2.75, 3.05) is 6.61 Å². The van der Waals surface area contributed by atoms with Crippen molar-refractivity contribution in [2.45, 2.75) is 33.3 Å². The van der Waals surface area contributed by atoms with E-state index in [2.05, 4.69) is 18.8 Å². The number of hydrogen-bond acceptors (Lipinski definition) is 2. The zero-order chi connectivity index (χ0) is 10.4. The Kier molecular flexibility index (Phi) is 4.60. The lowest BCUT2D eigenvalue weighted by atomic mass is 10.0. The van der Waals surface area contributed by atoms with Crippen molar-refractivity contribution in [1.29, 1.82) is 0 Å². The van der Waals surface area contributed by atoms with Gasteiger partial charge in [0.2, 0.25) is 0 Å². The Labute approximate surface area is 86.3 Å². The summed E-state index contributed by atoms with van der Waals surface area (Å²) < 4.78 is 5.68. The number of ether oxygens (including phenoxy) is 1. The van der Waals surface area contributed by atoms with E-state index in [1.165, 1.54) is 0 Å². The highest BCUT2D eigenvalue weighted by atomic mass is 16.5. The van der Waals surface area contributed by atoms with Crippen LogP contribution < -0.4 is 0 Å². The minimum atomic E-state index is 0.154. The Morgan fingerprint density at radius 2 is 2.14 bits per heavy atom. The van der Waals surface area contributed by atoms with Crippen LogP contribution in [0.3, 0.4) is 0 Å². The van der Waals surface area contributed by atoms with Gasteiger partial charge in [0.25, 0.3) is 0 Å². The predicted octanol–water partition coefficient (Wildman–Crippen LogP) is 3.21. The fourth-order valence-corrected chi connectivity index (χ4v) is 1.47. The summed E-state index contributed by atoms with van der Waals surface area (Å²) in [7, 11) is 0. The normalized spacial score (nSPS) is 13.1. The molecule has 0 saturated heterocycles. The molecule has 0 radical (unpaired) electrons. The van der Waals surface area contributed by atoms with E-state index in [1.807, 2.05) is 31.3 Å². The topological polar surface area (TPSA) is 22.1 Å². The quantitative estimate of drug-likeness (QED) is 0.716. The van der Waals surface area contributed by atoms with Gasteiger partial charge < -0.3 is 4.74 Å². The highest BCUT2D eigenvalue weighted by molar-refractivity contribution is 5.06. The maximum Gasteiger partial charge on any atom is 0.0996 e. The molecule has 1 heterocycles. The van der Waals surface area contributed by atoms with E-state index in [0.29, 0.717) is 5.92 Å². The van der Waals surface area contributed by atoms with Crippen molar-refractivity contribution in [2.24, 2.45) is 5.92 Å². The van der Waals surface area contributed by atoms with Crippen molar-refractivity contribution in [3.8, 4) is 0 Å². The summed E-state index contributed by atoms with van der Waals surface area (Å²) >= 11 is 0. The van der Waals surface area contributed by atoms with Crippen LogP contribution in [0.2, 0.25) is 0 Å². The third-order valence-electron chi connectivity index (χ3n) is 2.07. The molecule has 14 heavy (non-hydrogen) atoms. The molecule has 0 aliphatic heterocycles. The second kappa shape index (κ2) is 5.76. The van der Waals surface area contributed by atoms with Crippen molar-refractivity contribution in [1.82, 2.24) is 4.98 Å². The van der Waals surface area contributed by atoms with Crippen molar-refractivity contribution in [3.05, 3.63) is 30.1 Å². The van der Waals surface area contributed by atoms with E-state index >= 15 is 0 Å². The standard InChI is InChI=1S/C12H19NO/c1-4-14-12(9-10(2)3)11-7-5-6-8-13-11/h5-8,10,12H,4,9H2,1-3H3. The second-order valence-corrected chi connectivity index (χ2v) is 3.83. The molecular weight excluding hydrogens is 174 g/mol. The summed E-state index contributed by atoms with van der Waals surface area (Å²) in [6, 6.07) is 5.97. The average molecular weight is 193 g/mol. The fraction of sp³-hybridized carbons (Fsp3) is 0.583. The van der Waals surface area contributed by atoms with E-state index in [9.17, 15) is 0 Å². The van der Waals surface area contributed by atoms with Crippen LogP contribution in [-0.4, -0.2) is 11.6 Å². The van der Waals surface area contributed by atoms with Gasteiger partial charge in [-0.05, 0) is 31.4 Å². The molecule has 78 valence electrons. The first-order valence-corrected chi connectivity index (χ1v) is 5.26. The monoisotopic (exact) mass is 193 g/mol. The van der Waals surface area contributed by atoms with Crippen molar-refractivity contribution < 1.29 is 4.74 Å². The van der Waals surface area contributed by atoms with Gasteiger partial charge in [-0.15, -0.1) is 0 Å². The zero-order valence-corrected chi connectivity index (χ0v) is 9.23. The average Bonchev–Trinajstić information content (AvgIpc) is 2.18. The first-order valence-electron chi connectivity index (χ1n) is 5.26. The minimum Gasteiger partial charge on any atom is -0.372 e. The lowest BCUT2D eigenvalue weighted by Gasteiger charge is -2.18. The molecule has 0 bridgehead atoms. The Morgan fingerprint density at radius 3 is 2.64 bits per heavy atom. The van der Waals surface area contributed by atoms with Gasteiger partial charge in [0.1, 0.15) is 0 Å². The van der Waals surface area contributed by atoms with E-state index in [0.717, 1.165) is 18.7 Å². The molecule has 2 heteroatoms. The van der Waals surface area contributed by atoms with E-state index < -0.39 is 0 Å². The van der Waals surface area contributed by atoms with Crippen LogP contribution in [0.1, 0.15) is 39.0 Å². The summed E-state index contributed by atoms with van der Waals surface area (Å²) in [5.41, 5.74) is 1.04. The van der Waals surface area contributed by atoms with Crippen molar-refractivity contribution >= 4 is 0 Å². The van der Waals surface area contributed by atoms with Crippen LogP contribution in [0.4, 0.5) is 0 Å². The molecule has 0 aromatic carbocycles. The highest BCUT2D eigenvalue weighted by Crippen LogP contribution is 2.22. The number of rotatable bonds is 5. The zero-order valence-electron chi connectivity index (χ0n) is 9.23. The number of aromatic nitrogens is 1. The number of hydrogen-bond donors (Lipinski definition) is 0. The van der Waals surface area contributed by atoms with Crippen LogP contribution in [0.15, 0.2) is 24.4 Å². The first kappa shape index (κ1) is 11.2. The van der Waals surface area contributed by atoms with Crippen molar-refractivity contribution in [3.63, 3.8) is 0 Å². The van der Waals surface area contributed by atoms with Gasteiger partial charge in [-0.1, -0.05) is 19.9 Å². The SMILES string of the molecule is CCOC(CC(C)C)c1ccccn1. The van der Waals surface area contributed by atoms with Crippen LogP contribution in [0, 0.1) is 5.92 Å². The Balaban J connectivity index is 2.67.